The van der Waals surface area contributed by atoms with Crippen molar-refractivity contribution in [2.75, 3.05) is 5.75 Å². The molecule has 106 valence electrons. The van der Waals surface area contributed by atoms with Crippen LogP contribution in [0, 0.1) is 6.92 Å². The minimum absolute atomic E-state index is 0.157. The third-order valence-electron chi connectivity index (χ3n) is 2.74. The van der Waals surface area contributed by atoms with Gasteiger partial charge in [0, 0.05) is 18.5 Å². The van der Waals surface area contributed by atoms with Gasteiger partial charge < -0.3 is 19.6 Å². The van der Waals surface area contributed by atoms with E-state index in [0.29, 0.717) is 17.4 Å². The molecule has 0 bridgehead atoms. The number of thioether (sulfide) groups is 1. The topological polar surface area (TPSA) is 78.2 Å². The number of imidazole rings is 1. The van der Waals surface area contributed by atoms with Crippen LogP contribution in [0.25, 0.3) is 0 Å². The van der Waals surface area contributed by atoms with Gasteiger partial charge >= 0.3 is 0 Å². The fourth-order valence-corrected chi connectivity index (χ4v) is 2.48. The molecule has 0 fully saturated rings. The van der Waals surface area contributed by atoms with Crippen LogP contribution in [0.1, 0.15) is 16.8 Å². The van der Waals surface area contributed by atoms with E-state index in [1.54, 1.807) is 6.20 Å². The lowest BCUT2D eigenvalue weighted by atomic mass is 10.1. The van der Waals surface area contributed by atoms with E-state index in [1.165, 1.54) is 5.56 Å². The van der Waals surface area contributed by atoms with E-state index >= 15 is 0 Å². The van der Waals surface area contributed by atoms with Gasteiger partial charge in [-0.05, 0) is 12.5 Å². The summed E-state index contributed by atoms with van der Waals surface area (Å²) in [5.41, 5.74) is 2.80. The summed E-state index contributed by atoms with van der Waals surface area (Å²) in [5.74, 6) is -1.29. The second-order valence-electron chi connectivity index (χ2n) is 4.45. The van der Waals surface area contributed by atoms with Crippen LogP contribution in [0.2, 0.25) is 0 Å². The van der Waals surface area contributed by atoms with E-state index in [4.69, 9.17) is 5.11 Å². The molecule has 2 aromatic rings. The minimum atomic E-state index is -1.13. The number of aromatic nitrogens is 2. The fourth-order valence-electron chi connectivity index (χ4n) is 1.77. The summed E-state index contributed by atoms with van der Waals surface area (Å²) in [6.07, 6.45) is 1.73. The normalized spacial score (nSPS) is 10.7. The third kappa shape index (κ3) is 3.85. The zero-order valence-electron chi connectivity index (χ0n) is 11.1. The molecule has 0 aliphatic rings. The lowest BCUT2D eigenvalue weighted by molar-refractivity contribution is -0.301. The zero-order chi connectivity index (χ0) is 14.5. The van der Waals surface area contributed by atoms with Crippen molar-refractivity contribution in [3.05, 3.63) is 47.3 Å². The molecule has 0 aliphatic heterocycles. The van der Waals surface area contributed by atoms with Gasteiger partial charge in [-0.1, -0.05) is 41.6 Å². The van der Waals surface area contributed by atoms with Crippen molar-refractivity contribution in [3.8, 4) is 0 Å². The maximum absolute atomic E-state index is 10.5. The highest BCUT2D eigenvalue weighted by atomic mass is 32.2. The zero-order valence-corrected chi connectivity index (χ0v) is 11.9. The molecule has 0 unspecified atom stereocenters. The Morgan fingerprint density at radius 2 is 2.10 bits per heavy atom. The summed E-state index contributed by atoms with van der Waals surface area (Å²) in [7, 11) is 0. The van der Waals surface area contributed by atoms with E-state index < -0.39 is 5.97 Å². The number of hydrogen-bond acceptors (Lipinski definition) is 5. The second-order valence-corrected chi connectivity index (χ2v) is 5.39. The number of carboxylic acids is 1. The van der Waals surface area contributed by atoms with Crippen LogP contribution in [0.15, 0.2) is 35.6 Å². The molecule has 1 aromatic heterocycles. The summed E-state index contributed by atoms with van der Waals surface area (Å²) < 4.78 is 1.84. The Morgan fingerprint density at radius 1 is 1.40 bits per heavy atom. The van der Waals surface area contributed by atoms with Crippen LogP contribution in [0.3, 0.4) is 0 Å². The second kappa shape index (κ2) is 6.58. The van der Waals surface area contributed by atoms with E-state index in [2.05, 4.69) is 4.98 Å². The monoisotopic (exact) mass is 291 g/mol. The van der Waals surface area contributed by atoms with Gasteiger partial charge in [0.1, 0.15) is 0 Å². The lowest BCUT2D eigenvalue weighted by Gasteiger charge is -2.08. The van der Waals surface area contributed by atoms with Crippen molar-refractivity contribution in [2.45, 2.75) is 25.2 Å². The number of hydrogen-bond donors (Lipinski definition) is 1. The SMILES string of the molecule is Cc1ccc(Cn2cc(CO)nc2SCC(=O)[O-])cc1. The summed E-state index contributed by atoms with van der Waals surface area (Å²) in [5, 5.41) is 20.2. The average Bonchev–Trinajstić information content (AvgIpc) is 2.81. The van der Waals surface area contributed by atoms with E-state index in [-0.39, 0.29) is 12.4 Å². The maximum Gasteiger partial charge on any atom is 0.168 e. The molecular formula is C14H15N2O3S-. The number of rotatable bonds is 6. The molecule has 6 heteroatoms. The number of carbonyl (C=O) groups excluding carboxylic acids is 1. The standard InChI is InChI=1S/C14H16N2O3S/c1-10-2-4-11(5-3-10)6-16-7-12(8-17)15-14(16)20-9-13(18)19/h2-5,7,17H,6,8-9H2,1H3,(H,18,19)/p-1. The van der Waals surface area contributed by atoms with Gasteiger partial charge in [-0.15, -0.1) is 0 Å². The fraction of sp³-hybridized carbons (Fsp3) is 0.286. The number of aliphatic hydroxyl groups is 1. The Balaban J connectivity index is 2.18. The molecule has 0 atom stereocenters. The summed E-state index contributed by atoms with van der Waals surface area (Å²) in [4.78, 5) is 14.7. The molecule has 0 radical (unpaired) electrons. The molecule has 0 amide bonds. The first-order chi connectivity index (χ1) is 9.58. The van der Waals surface area contributed by atoms with Gasteiger partial charge in [-0.3, -0.25) is 0 Å². The smallest absolute Gasteiger partial charge is 0.168 e. The summed E-state index contributed by atoms with van der Waals surface area (Å²) >= 11 is 1.09. The highest BCUT2D eigenvalue weighted by Gasteiger charge is 2.09. The van der Waals surface area contributed by atoms with Crippen LogP contribution in [0.5, 0.6) is 0 Å². The first kappa shape index (κ1) is 14.6. The number of carbonyl (C=O) groups is 1. The van der Waals surface area contributed by atoms with Gasteiger partial charge in [-0.25, -0.2) is 4.98 Å². The van der Waals surface area contributed by atoms with Gasteiger partial charge in [0.05, 0.1) is 18.3 Å². The molecule has 0 spiro atoms. The molecule has 0 aliphatic carbocycles. The molecule has 1 heterocycles. The van der Waals surface area contributed by atoms with E-state index in [0.717, 1.165) is 17.3 Å². The van der Waals surface area contributed by atoms with Crippen molar-refractivity contribution in [1.29, 1.82) is 0 Å². The van der Waals surface area contributed by atoms with Crippen LogP contribution in [-0.4, -0.2) is 26.4 Å². The van der Waals surface area contributed by atoms with Crippen LogP contribution in [-0.2, 0) is 17.9 Å². The van der Waals surface area contributed by atoms with Crippen molar-refractivity contribution in [2.24, 2.45) is 0 Å². The Bertz CT molecular complexity index is 593. The van der Waals surface area contributed by atoms with Crippen molar-refractivity contribution in [3.63, 3.8) is 0 Å². The Hall–Kier alpha value is -1.79. The number of aliphatic carboxylic acids is 1. The molecule has 20 heavy (non-hydrogen) atoms. The highest BCUT2D eigenvalue weighted by Crippen LogP contribution is 2.19. The first-order valence-electron chi connectivity index (χ1n) is 6.13. The molecule has 1 aromatic carbocycles. The number of carboxylic acid groups (broad SMARTS) is 1. The largest absolute Gasteiger partial charge is 0.549 e. The van der Waals surface area contributed by atoms with Gasteiger partial charge in [0.25, 0.3) is 0 Å². The van der Waals surface area contributed by atoms with Gasteiger partial charge in [-0.2, -0.15) is 0 Å². The van der Waals surface area contributed by atoms with Crippen molar-refractivity contribution in [1.82, 2.24) is 9.55 Å². The molecular weight excluding hydrogens is 276 g/mol. The molecule has 2 rings (SSSR count). The summed E-state index contributed by atoms with van der Waals surface area (Å²) in [6, 6.07) is 8.07. The Morgan fingerprint density at radius 3 is 2.70 bits per heavy atom. The number of nitrogens with zero attached hydrogens (tertiary/aromatic N) is 2. The lowest BCUT2D eigenvalue weighted by Crippen LogP contribution is -2.24. The minimum Gasteiger partial charge on any atom is -0.549 e. The maximum atomic E-state index is 10.5. The van der Waals surface area contributed by atoms with Crippen LogP contribution >= 0.6 is 11.8 Å². The average molecular weight is 291 g/mol. The molecule has 0 saturated carbocycles. The highest BCUT2D eigenvalue weighted by molar-refractivity contribution is 7.99. The summed E-state index contributed by atoms with van der Waals surface area (Å²) in [6.45, 7) is 2.44. The third-order valence-corrected chi connectivity index (χ3v) is 3.71. The first-order valence-corrected chi connectivity index (χ1v) is 7.12. The van der Waals surface area contributed by atoms with E-state index in [1.807, 2.05) is 35.8 Å². The van der Waals surface area contributed by atoms with Gasteiger partial charge in [0.15, 0.2) is 5.16 Å². The van der Waals surface area contributed by atoms with Gasteiger partial charge in [0.2, 0.25) is 0 Å². The number of benzene rings is 1. The van der Waals surface area contributed by atoms with Crippen molar-refractivity contribution >= 4 is 17.7 Å². The number of aryl methyl sites for hydroxylation is 1. The number of aliphatic hydroxyl groups excluding tert-OH is 1. The Labute approximate surface area is 121 Å². The molecule has 0 saturated heterocycles. The quantitative estimate of drug-likeness (QED) is 0.787. The predicted octanol–water partition coefficient (Wildman–Crippen LogP) is 0.574. The Kier molecular flexibility index (Phi) is 4.81. The van der Waals surface area contributed by atoms with Crippen molar-refractivity contribution < 1.29 is 15.0 Å². The van der Waals surface area contributed by atoms with E-state index in [9.17, 15) is 9.90 Å². The molecule has 5 nitrogen and oxygen atoms in total. The van der Waals surface area contributed by atoms with Crippen LogP contribution < -0.4 is 5.11 Å². The molecule has 1 N–H and O–H groups in total. The van der Waals surface area contributed by atoms with Crippen LogP contribution in [0.4, 0.5) is 0 Å². The predicted molar refractivity (Wildman–Crippen MR) is 74.2 cm³/mol.